The molecule has 1 rings (SSSR count). The first-order chi connectivity index (χ1) is 15.5. The Hall–Kier alpha value is -2.34. The van der Waals surface area contributed by atoms with E-state index >= 15 is 0 Å². The van der Waals surface area contributed by atoms with Gasteiger partial charge in [-0.05, 0) is 50.0 Å². The molecule has 0 saturated carbocycles. The second kappa shape index (κ2) is 14.0. The SMILES string of the molecule is CSCCC(N)C(=O)NC(CC(C)C)C(=O)N1CCCC1C(=O)NC(CCC(=O)O)C(=O)O. The van der Waals surface area contributed by atoms with Crippen LogP contribution in [0.4, 0.5) is 0 Å². The van der Waals surface area contributed by atoms with Crippen LogP contribution in [-0.2, 0) is 24.0 Å². The normalized spacial score (nSPS) is 18.5. The Morgan fingerprint density at radius 3 is 2.30 bits per heavy atom. The van der Waals surface area contributed by atoms with E-state index in [4.69, 9.17) is 10.8 Å². The van der Waals surface area contributed by atoms with Crippen LogP contribution >= 0.6 is 11.8 Å². The van der Waals surface area contributed by atoms with Crippen LogP contribution in [0.1, 0.15) is 52.4 Å². The molecule has 12 heteroatoms. The maximum Gasteiger partial charge on any atom is 0.326 e. The van der Waals surface area contributed by atoms with Gasteiger partial charge < -0.3 is 31.5 Å². The summed E-state index contributed by atoms with van der Waals surface area (Å²) in [5.74, 6) is -3.21. The average molecular weight is 489 g/mol. The van der Waals surface area contributed by atoms with Gasteiger partial charge in [-0.3, -0.25) is 19.2 Å². The van der Waals surface area contributed by atoms with Gasteiger partial charge in [-0.1, -0.05) is 13.8 Å². The van der Waals surface area contributed by atoms with Crippen LogP contribution in [0.2, 0.25) is 0 Å². The van der Waals surface area contributed by atoms with Gasteiger partial charge in [0.15, 0.2) is 0 Å². The lowest BCUT2D eigenvalue weighted by Crippen LogP contribution is -2.57. The summed E-state index contributed by atoms with van der Waals surface area (Å²) in [6, 6.07) is -3.86. The summed E-state index contributed by atoms with van der Waals surface area (Å²) in [6.45, 7) is 4.12. The fourth-order valence-corrected chi connectivity index (χ4v) is 4.13. The quantitative estimate of drug-likeness (QED) is 0.225. The van der Waals surface area contributed by atoms with E-state index in [1.54, 1.807) is 11.8 Å². The van der Waals surface area contributed by atoms with E-state index in [0.717, 1.165) is 0 Å². The maximum atomic E-state index is 13.3. The van der Waals surface area contributed by atoms with E-state index < -0.39 is 60.2 Å². The average Bonchev–Trinajstić information content (AvgIpc) is 3.22. The predicted molar refractivity (Wildman–Crippen MR) is 124 cm³/mol. The standard InChI is InChI=1S/C21H36N4O7S/c1-12(2)11-15(24-18(28)13(22)8-10-33-3)20(30)25-9-4-5-16(25)19(29)23-14(21(31)32)6-7-17(26)27/h12-16H,4-11,22H2,1-3H3,(H,23,29)(H,24,28)(H,26,27)(H,31,32). The van der Waals surface area contributed by atoms with Crippen molar-refractivity contribution in [1.29, 1.82) is 0 Å². The maximum absolute atomic E-state index is 13.3. The van der Waals surface area contributed by atoms with E-state index in [-0.39, 0.29) is 12.3 Å². The van der Waals surface area contributed by atoms with Crippen LogP contribution in [0, 0.1) is 5.92 Å². The van der Waals surface area contributed by atoms with E-state index in [2.05, 4.69) is 10.6 Å². The minimum absolute atomic E-state index is 0.0870. The van der Waals surface area contributed by atoms with Crippen molar-refractivity contribution >= 4 is 41.4 Å². The first-order valence-corrected chi connectivity index (χ1v) is 12.5. The lowest BCUT2D eigenvalue weighted by atomic mass is 10.0. The molecule has 0 aliphatic carbocycles. The zero-order valence-electron chi connectivity index (χ0n) is 19.4. The molecule has 0 radical (unpaired) electrons. The van der Waals surface area contributed by atoms with Gasteiger partial charge in [-0.25, -0.2) is 4.79 Å². The first kappa shape index (κ1) is 28.7. The van der Waals surface area contributed by atoms with Gasteiger partial charge in [0, 0.05) is 13.0 Å². The van der Waals surface area contributed by atoms with Gasteiger partial charge in [0.05, 0.1) is 6.04 Å². The minimum Gasteiger partial charge on any atom is -0.481 e. The van der Waals surface area contributed by atoms with Gasteiger partial charge >= 0.3 is 11.9 Å². The van der Waals surface area contributed by atoms with Crippen molar-refractivity contribution in [1.82, 2.24) is 15.5 Å². The molecule has 1 aliphatic heterocycles. The molecule has 188 valence electrons. The number of nitrogens with one attached hydrogen (secondary N) is 2. The summed E-state index contributed by atoms with van der Waals surface area (Å²) in [6.07, 6.45) is 2.95. The monoisotopic (exact) mass is 488 g/mol. The fourth-order valence-electron chi connectivity index (χ4n) is 3.64. The number of hydrogen-bond donors (Lipinski definition) is 5. The molecule has 0 bridgehead atoms. The van der Waals surface area contributed by atoms with Gasteiger partial charge in [0.2, 0.25) is 17.7 Å². The Labute approximate surface area is 198 Å². The number of rotatable bonds is 14. The number of thioether (sulfide) groups is 1. The van der Waals surface area contributed by atoms with Crippen molar-refractivity contribution in [2.45, 2.75) is 76.5 Å². The Balaban J connectivity index is 2.91. The number of carbonyl (C=O) groups excluding carboxylic acids is 3. The molecule has 33 heavy (non-hydrogen) atoms. The zero-order chi connectivity index (χ0) is 25.1. The smallest absolute Gasteiger partial charge is 0.326 e. The van der Waals surface area contributed by atoms with Crippen molar-refractivity contribution < 1.29 is 34.2 Å². The number of carboxylic acid groups (broad SMARTS) is 2. The van der Waals surface area contributed by atoms with E-state index in [1.807, 2.05) is 20.1 Å². The third kappa shape index (κ3) is 9.58. The van der Waals surface area contributed by atoms with E-state index in [0.29, 0.717) is 38.0 Å². The summed E-state index contributed by atoms with van der Waals surface area (Å²) < 4.78 is 0. The Morgan fingerprint density at radius 2 is 1.76 bits per heavy atom. The number of likely N-dealkylation sites (tertiary alicyclic amines) is 1. The van der Waals surface area contributed by atoms with Crippen molar-refractivity contribution in [3.05, 3.63) is 0 Å². The van der Waals surface area contributed by atoms with Crippen LogP contribution in [0.25, 0.3) is 0 Å². The van der Waals surface area contributed by atoms with Crippen molar-refractivity contribution in [2.24, 2.45) is 11.7 Å². The lowest BCUT2D eigenvalue weighted by molar-refractivity contribution is -0.145. The van der Waals surface area contributed by atoms with Crippen molar-refractivity contribution in [3.63, 3.8) is 0 Å². The van der Waals surface area contributed by atoms with Crippen molar-refractivity contribution in [2.75, 3.05) is 18.6 Å². The van der Waals surface area contributed by atoms with Gasteiger partial charge in [-0.15, -0.1) is 0 Å². The molecule has 0 aromatic rings. The van der Waals surface area contributed by atoms with Gasteiger partial charge in [0.25, 0.3) is 0 Å². The molecule has 1 heterocycles. The second-order valence-corrected chi connectivity index (χ2v) is 9.59. The number of carbonyl (C=O) groups is 5. The first-order valence-electron chi connectivity index (χ1n) is 11.1. The Kier molecular flexibility index (Phi) is 12.2. The number of aliphatic carboxylic acids is 2. The van der Waals surface area contributed by atoms with Gasteiger partial charge in [0.1, 0.15) is 18.1 Å². The second-order valence-electron chi connectivity index (χ2n) is 8.60. The molecule has 0 aromatic heterocycles. The van der Waals surface area contributed by atoms with Crippen LogP contribution in [-0.4, -0.2) is 87.5 Å². The number of hydrogen-bond acceptors (Lipinski definition) is 7. The predicted octanol–water partition coefficient (Wildman–Crippen LogP) is 0.0229. The molecule has 11 nitrogen and oxygen atoms in total. The number of amides is 3. The summed E-state index contributed by atoms with van der Waals surface area (Å²) in [5, 5.41) is 23.2. The zero-order valence-corrected chi connectivity index (χ0v) is 20.2. The molecule has 6 N–H and O–H groups in total. The highest BCUT2D eigenvalue weighted by Crippen LogP contribution is 2.21. The third-order valence-electron chi connectivity index (χ3n) is 5.39. The molecule has 4 atom stereocenters. The molecular weight excluding hydrogens is 452 g/mol. The Morgan fingerprint density at radius 1 is 1.09 bits per heavy atom. The topological polar surface area (TPSA) is 179 Å². The molecule has 0 aromatic carbocycles. The van der Waals surface area contributed by atoms with E-state index in [9.17, 15) is 29.1 Å². The molecule has 1 aliphatic rings. The van der Waals surface area contributed by atoms with Crippen LogP contribution in [0.3, 0.4) is 0 Å². The highest BCUT2D eigenvalue weighted by atomic mass is 32.2. The lowest BCUT2D eigenvalue weighted by Gasteiger charge is -2.30. The third-order valence-corrected chi connectivity index (χ3v) is 6.04. The number of carboxylic acids is 2. The molecule has 0 spiro atoms. The van der Waals surface area contributed by atoms with Crippen molar-refractivity contribution in [3.8, 4) is 0 Å². The van der Waals surface area contributed by atoms with Crippen LogP contribution in [0.15, 0.2) is 0 Å². The summed E-state index contributed by atoms with van der Waals surface area (Å²) >= 11 is 1.56. The highest BCUT2D eigenvalue weighted by molar-refractivity contribution is 7.98. The minimum atomic E-state index is -1.37. The summed E-state index contributed by atoms with van der Waals surface area (Å²) in [5.41, 5.74) is 5.93. The molecule has 1 saturated heterocycles. The largest absolute Gasteiger partial charge is 0.481 e. The number of nitrogens with two attached hydrogens (primary N) is 1. The Bertz CT molecular complexity index is 719. The van der Waals surface area contributed by atoms with Crippen LogP contribution < -0.4 is 16.4 Å². The van der Waals surface area contributed by atoms with Crippen LogP contribution in [0.5, 0.6) is 0 Å². The molecule has 1 fully saturated rings. The summed E-state index contributed by atoms with van der Waals surface area (Å²) in [7, 11) is 0. The molecule has 4 unspecified atom stereocenters. The number of nitrogens with zero attached hydrogens (tertiary/aromatic N) is 1. The summed E-state index contributed by atoms with van der Waals surface area (Å²) in [4.78, 5) is 62.1. The van der Waals surface area contributed by atoms with Gasteiger partial charge in [-0.2, -0.15) is 11.8 Å². The van der Waals surface area contributed by atoms with E-state index in [1.165, 1.54) is 4.90 Å². The fraction of sp³-hybridized carbons (Fsp3) is 0.762. The molecule has 3 amide bonds. The molecular formula is C21H36N4O7S. The highest BCUT2D eigenvalue weighted by Gasteiger charge is 2.39.